The Labute approximate surface area is 122 Å². The van der Waals surface area contributed by atoms with Crippen LogP contribution < -0.4 is 10.5 Å². The molecule has 0 spiro atoms. The normalized spacial score (nSPS) is 11.7. The molecular weight excluding hydrogens is 278 g/mol. The fraction of sp³-hybridized carbons (Fsp3) is 0.462. The van der Waals surface area contributed by atoms with Crippen molar-refractivity contribution < 1.29 is 19.6 Å². The molecule has 0 radical (unpaired) electrons. The molecule has 21 heavy (non-hydrogen) atoms. The van der Waals surface area contributed by atoms with E-state index in [1.165, 1.54) is 18.2 Å². The van der Waals surface area contributed by atoms with Gasteiger partial charge in [0.15, 0.2) is 5.84 Å². The first kappa shape index (κ1) is 16.7. The third-order valence-corrected chi connectivity index (χ3v) is 2.49. The highest BCUT2D eigenvalue weighted by Gasteiger charge is 2.15. The van der Waals surface area contributed by atoms with Gasteiger partial charge in [0.2, 0.25) is 0 Å². The Balaban J connectivity index is 2.74. The van der Waals surface area contributed by atoms with Gasteiger partial charge in [-0.3, -0.25) is 10.1 Å². The lowest BCUT2D eigenvalue weighted by Crippen LogP contribution is -2.17. The largest absolute Gasteiger partial charge is 0.490 e. The van der Waals surface area contributed by atoms with E-state index in [0.29, 0.717) is 24.9 Å². The van der Waals surface area contributed by atoms with Crippen molar-refractivity contribution in [3.05, 3.63) is 33.9 Å². The molecule has 1 rings (SSSR count). The molecule has 8 nitrogen and oxygen atoms in total. The minimum atomic E-state index is -0.566. The average Bonchev–Trinajstić information content (AvgIpc) is 2.45. The summed E-state index contributed by atoms with van der Waals surface area (Å²) in [6, 6.07) is 3.89. The van der Waals surface area contributed by atoms with E-state index in [0.717, 1.165) is 0 Å². The summed E-state index contributed by atoms with van der Waals surface area (Å²) in [5.74, 6) is 0.470. The van der Waals surface area contributed by atoms with E-state index in [4.69, 9.17) is 20.4 Å². The Morgan fingerprint density at radius 3 is 2.76 bits per heavy atom. The quantitative estimate of drug-likeness (QED) is 0.188. The van der Waals surface area contributed by atoms with Gasteiger partial charge in [-0.25, -0.2) is 0 Å². The summed E-state index contributed by atoms with van der Waals surface area (Å²) in [4.78, 5) is 10.2. The first-order valence-electron chi connectivity index (χ1n) is 6.42. The van der Waals surface area contributed by atoms with Crippen molar-refractivity contribution in [2.24, 2.45) is 16.8 Å². The number of rotatable bonds is 8. The number of non-ortho nitro benzene ring substituents is 1. The van der Waals surface area contributed by atoms with Gasteiger partial charge >= 0.3 is 0 Å². The monoisotopic (exact) mass is 297 g/mol. The van der Waals surface area contributed by atoms with Crippen LogP contribution in [0.25, 0.3) is 0 Å². The molecule has 1 aromatic rings. The number of hydrogen-bond acceptors (Lipinski definition) is 6. The molecule has 1 aromatic carbocycles. The van der Waals surface area contributed by atoms with E-state index < -0.39 is 4.92 Å². The molecule has 0 aliphatic heterocycles. The minimum absolute atomic E-state index is 0.163. The SMILES string of the molecule is CC(C)COCCOc1ccc([N+](=O)[O-])cc1/C(N)=N/O. The standard InChI is InChI=1S/C13H19N3O5/c1-9(2)8-20-5-6-21-12-4-3-10(16(18)19)7-11(12)13(14)15-17/h3-4,7,9,17H,5-6,8H2,1-2H3,(H2,14,15). The molecular formula is C13H19N3O5. The second-order valence-corrected chi connectivity index (χ2v) is 4.74. The van der Waals surface area contributed by atoms with Crippen LogP contribution in [-0.2, 0) is 4.74 Å². The number of nitrogens with two attached hydrogens (primary N) is 1. The summed E-state index contributed by atoms with van der Waals surface area (Å²) >= 11 is 0. The molecule has 0 saturated heterocycles. The molecule has 0 heterocycles. The molecule has 0 aromatic heterocycles. The van der Waals surface area contributed by atoms with Crippen LogP contribution in [-0.4, -0.2) is 35.8 Å². The van der Waals surface area contributed by atoms with Gasteiger partial charge in [0.1, 0.15) is 12.4 Å². The molecule has 8 heteroatoms. The lowest BCUT2D eigenvalue weighted by Gasteiger charge is -2.11. The predicted molar refractivity (Wildman–Crippen MR) is 76.8 cm³/mol. The zero-order valence-electron chi connectivity index (χ0n) is 12.0. The van der Waals surface area contributed by atoms with Crippen molar-refractivity contribution in [1.82, 2.24) is 0 Å². The highest BCUT2D eigenvalue weighted by atomic mass is 16.6. The van der Waals surface area contributed by atoms with Gasteiger partial charge < -0.3 is 20.4 Å². The highest BCUT2D eigenvalue weighted by molar-refractivity contribution is 6.00. The van der Waals surface area contributed by atoms with Crippen molar-refractivity contribution in [2.45, 2.75) is 13.8 Å². The van der Waals surface area contributed by atoms with Crippen LogP contribution in [0.4, 0.5) is 5.69 Å². The van der Waals surface area contributed by atoms with E-state index in [-0.39, 0.29) is 23.7 Å². The van der Waals surface area contributed by atoms with Gasteiger partial charge in [-0.15, -0.1) is 0 Å². The molecule has 0 amide bonds. The number of nitrogens with zero attached hydrogens (tertiary/aromatic N) is 2. The van der Waals surface area contributed by atoms with Gasteiger partial charge in [-0.05, 0) is 12.0 Å². The summed E-state index contributed by atoms with van der Waals surface area (Å²) in [6.07, 6.45) is 0. The molecule has 0 saturated carbocycles. The number of nitro benzene ring substituents is 1. The van der Waals surface area contributed by atoms with Crippen LogP contribution in [0.15, 0.2) is 23.4 Å². The Kier molecular flexibility index (Phi) is 6.41. The van der Waals surface area contributed by atoms with Gasteiger partial charge in [-0.2, -0.15) is 0 Å². The summed E-state index contributed by atoms with van der Waals surface area (Å²) in [5.41, 5.74) is 5.50. The van der Waals surface area contributed by atoms with Gasteiger partial charge in [0.05, 0.1) is 17.1 Å². The Morgan fingerprint density at radius 2 is 2.19 bits per heavy atom. The second-order valence-electron chi connectivity index (χ2n) is 4.74. The van der Waals surface area contributed by atoms with Crippen molar-refractivity contribution in [2.75, 3.05) is 19.8 Å². The molecule has 0 fully saturated rings. The third kappa shape index (κ3) is 5.27. The maximum Gasteiger partial charge on any atom is 0.270 e. The van der Waals surface area contributed by atoms with E-state index >= 15 is 0 Å². The Hall–Kier alpha value is -2.35. The summed E-state index contributed by atoms with van der Waals surface area (Å²) in [5, 5.41) is 22.3. The van der Waals surface area contributed by atoms with Crippen LogP contribution in [0, 0.1) is 16.0 Å². The van der Waals surface area contributed by atoms with E-state index in [1.54, 1.807) is 0 Å². The number of amidine groups is 1. The summed E-state index contributed by atoms with van der Waals surface area (Å²) in [6.45, 7) is 5.33. The topological polar surface area (TPSA) is 120 Å². The van der Waals surface area contributed by atoms with Gasteiger partial charge in [0.25, 0.3) is 5.69 Å². The molecule has 0 aliphatic rings. The Morgan fingerprint density at radius 1 is 1.48 bits per heavy atom. The number of ether oxygens (including phenoxy) is 2. The number of nitro groups is 1. The first-order valence-corrected chi connectivity index (χ1v) is 6.42. The number of benzene rings is 1. The van der Waals surface area contributed by atoms with Crippen LogP contribution in [0.2, 0.25) is 0 Å². The van der Waals surface area contributed by atoms with Crippen molar-refractivity contribution in [1.29, 1.82) is 0 Å². The van der Waals surface area contributed by atoms with Crippen LogP contribution in [0.1, 0.15) is 19.4 Å². The predicted octanol–water partition coefficient (Wildman–Crippen LogP) is 1.74. The lowest BCUT2D eigenvalue weighted by molar-refractivity contribution is -0.384. The molecule has 116 valence electrons. The van der Waals surface area contributed by atoms with Gasteiger partial charge in [-0.1, -0.05) is 19.0 Å². The fourth-order valence-corrected chi connectivity index (χ4v) is 1.54. The Bertz CT molecular complexity index is 517. The number of hydrogen-bond donors (Lipinski definition) is 2. The van der Waals surface area contributed by atoms with E-state index in [1.807, 2.05) is 13.8 Å². The maximum absolute atomic E-state index is 10.7. The van der Waals surface area contributed by atoms with Crippen molar-refractivity contribution in [3.63, 3.8) is 0 Å². The molecule has 0 atom stereocenters. The average molecular weight is 297 g/mol. The molecule has 0 aliphatic carbocycles. The van der Waals surface area contributed by atoms with Gasteiger partial charge in [0, 0.05) is 18.7 Å². The smallest absolute Gasteiger partial charge is 0.270 e. The fourth-order valence-electron chi connectivity index (χ4n) is 1.54. The van der Waals surface area contributed by atoms with Crippen LogP contribution in [0.5, 0.6) is 5.75 Å². The molecule has 0 bridgehead atoms. The molecule has 0 unspecified atom stereocenters. The summed E-state index contributed by atoms with van der Waals surface area (Å²) < 4.78 is 10.8. The number of oxime groups is 1. The maximum atomic E-state index is 10.7. The second kappa shape index (κ2) is 8.05. The third-order valence-electron chi connectivity index (χ3n) is 2.49. The first-order chi connectivity index (χ1) is 9.95. The van der Waals surface area contributed by atoms with Crippen molar-refractivity contribution >= 4 is 11.5 Å². The lowest BCUT2D eigenvalue weighted by atomic mass is 10.1. The van der Waals surface area contributed by atoms with Crippen molar-refractivity contribution in [3.8, 4) is 5.75 Å². The minimum Gasteiger partial charge on any atom is -0.490 e. The van der Waals surface area contributed by atoms with E-state index in [2.05, 4.69) is 5.16 Å². The van der Waals surface area contributed by atoms with Crippen LogP contribution in [0.3, 0.4) is 0 Å². The highest BCUT2D eigenvalue weighted by Crippen LogP contribution is 2.24. The van der Waals surface area contributed by atoms with E-state index in [9.17, 15) is 10.1 Å². The summed E-state index contributed by atoms with van der Waals surface area (Å²) in [7, 11) is 0. The molecule has 3 N–H and O–H groups in total. The zero-order chi connectivity index (χ0) is 15.8. The zero-order valence-corrected chi connectivity index (χ0v) is 12.0. The van der Waals surface area contributed by atoms with Crippen LogP contribution >= 0.6 is 0 Å².